The molecule has 202 valence electrons. The van der Waals surface area contributed by atoms with E-state index >= 15 is 0 Å². The van der Waals surface area contributed by atoms with E-state index in [1.54, 1.807) is 25.0 Å². The summed E-state index contributed by atoms with van der Waals surface area (Å²) in [7, 11) is 3.15. The molecule has 2 amide bonds. The van der Waals surface area contributed by atoms with Gasteiger partial charge in [0.05, 0.1) is 36.1 Å². The smallest absolute Gasteiger partial charge is 0.240 e. The summed E-state index contributed by atoms with van der Waals surface area (Å²) in [5, 5.41) is 7.46. The third kappa shape index (κ3) is 5.86. The van der Waals surface area contributed by atoms with Crippen LogP contribution in [0.4, 0.5) is 10.2 Å². The average Bonchev–Trinajstić information content (AvgIpc) is 3.22. The van der Waals surface area contributed by atoms with Gasteiger partial charge in [-0.25, -0.2) is 9.07 Å². The van der Waals surface area contributed by atoms with Gasteiger partial charge in [0.1, 0.15) is 23.9 Å². The molecule has 10 heteroatoms. The van der Waals surface area contributed by atoms with Crippen molar-refractivity contribution in [3.05, 3.63) is 71.2 Å². The number of carbonyl (C=O) groups is 2. The van der Waals surface area contributed by atoms with Crippen molar-refractivity contribution >= 4 is 29.4 Å². The molecule has 3 aromatic rings. The van der Waals surface area contributed by atoms with Crippen molar-refractivity contribution in [3.8, 4) is 11.4 Å². The number of aromatic nitrogens is 2. The molecule has 4 rings (SSSR count). The van der Waals surface area contributed by atoms with E-state index in [4.69, 9.17) is 14.6 Å². The molecule has 38 heavy (non-hydrogen) atoms. The molecular formula is C28H33FN4O4S. The molecule has 0 fully saturated rings. The van der Waals surface area contributed by atoms with Gasteiger partial charge in [-0.15, -0.1) is 11.8 Å². The Kier molecular flexibility index (Phi) is 8.42. The van der Waals surface area contributed by atoms with Crippen LogP contribution in [0.25, 0.3) is 5.69 Å². The molecule has 0 aliphatic carbocycles. The van der Waals surface area contributed by atoms with Gasteiger partial charge in [-0.1, -0.05) is 32.9 Å². The molecule has 1 unspecified atom stereocenters. The molecule has 1 aliphatic rings. The van der Waals surface area contributed by atoms with Gasteiger partial charge in [-0.3, -0.25) is 14.5 Å². The van der Waals surface area contributed by atoms with Crippen molar-refractivity contribution in [2.45, 2.75) is 31.4 Å². The molecule has 0 bridgehead atoms. The van der Waals surface area contributed by atoms with Crippen molar-refractivity contribution in [2.24, 2.45) is 0 Å². The number of ether oxygens (including phenoxy) is 2. The first-order valence-electron chi connectivity index (χ1n) is 12.3. The Balaban J connectivity index is 1.95. The zero-order valence-corrected chi connectivity index (χ0v) is 23.1. The quantitative estimate of drug-likeness (QED) is 0.430. The van der Waals surface area contributed by atoms with Crippen molar-refractivity contribution in [1.82, 2.24) is 15.1 Å². The topological polar surface area (TPSA) is 85.7 Å². The monoisotopic (exact) mass is 540 g/mol. The molecule has 1 atom stereocenters. The number of amides is 2. The maximum atomic E-state index is 14.4. The van der Waals surface area contributed by atoms with Gasteiger partial charge < -0.3 is 14.8 Å². The molecule has 1 aromatic heterocycles. The van der Waals surface area contributed by atoms with Crippen molar-refractivity contribution in [3.63, 3.8) is 0 Å². The number of nitrogens with zero attached hydrogens (tertiary/aromatic N) is 3. The first-order chi connectivity index (χ1) is 18.1. The van der Waals surface area contributed by atoms with Crippen LogP contribution < -0.4 is 15.0 Å². The standard InChI is InChI=1S/C28H33FN4O4S/c1-28(2,3)26-24-25(18-7-6-8-19(29)15-18)38-17-23(35)32(16-22(34)30-13-14-36-4)27(24)33(31-26)20-9-11-21(37-5)12-10-20/h6-12,15,25H,13-14,16-17H2,1-5H3,(H,30,34). The highest BCUT2D eigenvalue weighted by molar-refractivity contribution is 8.00. The minimum absolute atomic E-state index is 0.118. The van der Waals surface area contributed by atoms with Gasteiger partial charge >= 0.3 is 0 Å². The lowest BCUT2D eigenvalue weighted by atomic mass is 9.87. The Morgan fingerprint density at radius 2 is 1.92 bits per heavy atom. The highest BCUT2D eigenvalue weighted by Gasteiger charge is 2.40. The Morgan fingerprint density at radius 3 is 2.55 bits per heavy atom. The summed E-state index contributed by atoms with van der Waals surface area (Å²) in [5.41, 5.74) is 2.59. The lowest BCUT2D eigenvalue weighted by Crippen LogP contribution is -2.43. The predicted molar refractivity (Wildman–Crippen MR) is 147 cm³/mol. The first kappa shape index (κ1) is 27.7. The number of carbonyl (C=O) groups excluding carboxylic acids is 2. The largest absolute Gasteiger partial charge is 0.497 e. The van der Waals surface area contributed by atoms with E-state index in [-0.39, 0.29) is 35.2 Å². The molecule has 2 heterocycles. The number of thioether (sulfide) groups is 1. The van der Waals surface area contributed by atoms with Crippen LogP contribution in [0.5, 0.6) is 5.75 Å². The number of rotatable bonds is 8. The van der Waals surface area contributed by atoms with Gasteiger partial charge in [0.2, 0.25) is 11.8 Å². The fourth-order valence-electron chi connectivity index (χ4n) is 4.40. The third-order valence-electron chi connectivity index (χ3n) is 6.20. The van der Waals surface area contributed by atoms with Gasteiger partial charge in [0.25, 0.3) is 0 Å². The Hall–Kier alpha value is -3.37. The number of methoxy groups -OCH3 is 2. The fraction of sp³-hybridized carbons (Fsp3) is 0.393. The first-order valence-corrected chi connectivity index (χ1v) is 13.4. The van der Waals surface area contributed by atoms with Crippen molar-refractivity contribution in [2.75, 3.05) is 44.6 Å². The highest BCUT2D eigenvalue weighted by Crippen LogP contribution is 2.48. The number of anilines is 1. The lowest BCUT2D eigenvalue weighted by molar-refractivity contribution is -0.123. The minimum atomic E-state index is -0.409. The van der Waals surface area contributed by atoms with E-state index in [1.807, 2.05) is 30.3 Å². The SMILES string of the molecule is COCCNC(=O)CN1C(=O)CSC(c2cccc(F)c2)c2c(C(C)(C)C)nn(-c3ccc(OC)cc3)c21. The van der Waals surface area contributed by atoms with Gasteiger partial charge in [-0.05, 0) is 42.0 Å². The van der Waals surface area contributed by atoms with Crippen LogP contribution in [0.1, 0.15) is 42.8 Å². The molecule has 0 radical (unpaired) electrons. The van der Waals surface area contributed by atoms with Crippen LogP contribution in [-0.2, 0) is 19.7 Å². The lowest BCUT2D eigenvalue weighted by Gasteiger charge is -2.24. The van der Waals surface area contributed by atoms with E-state index in [0.29, 0.717) is 30.4 Å². The number of hydrogen-bond donors (Lipinski definition) is 1. The van der Waals surface area contributed by atoms with Gasteiger partial charge in [0, 0.05) is 24.6 Å². The Labute approximate surface area is 226 Å². The molecule has 0 saturated carbocycles. The van der Waals surface area contributed by atoms with E-state index < -0.39 is 5.41 Å². The maximum absolute atomic E-state index is 14.4. The van der Waals surface area contributed by atoms with E-state index in [2.05, 4.69) is 26.1 Å². The zero-order chi connectivity index (χ0) is 27.4. The molecule has 8 nitrogen and oxygen atoms in total. The van der Waals surface area contributed by atoms with Crippen LogP contribution in [0.2, 0.25) is 0 Å². The molecular weight excluding hydrogens is 507 g/mol. The van der Waals surface area contributed by atoms with Crippen molar-refractivity contribution < 1.29 is 23.5 Å². The van der Waals surface area contributed by atoms with Crippen LogP contribution in [0, 0.1) is 5.82 Å². The second-order valence-corrected chi connectivity index (χ2v) is 11.1. The van der Waals surface area contributed by atoms with E-state index in [1.165, 1.54) is 28.8 Å². The molecule has 0 saturated heterocycles. The summed E-state index contributed by atoms with van der Waals surface area (Å²) in [6.45, 7) is 6.66. The number of fused-ring (bicyclic) bond motifs is 1. The Bertz CT molecular complexity index is 1300. The fourth-order valence-corrected chi connectivity index (χ4v) is 5.59. The summed E-state index contributed by atoms with van der Waals surface area (Å²) in [4.78, 5) is 28.0. The van der Waals surface area contributed by atoms with E-state index in [9.17, 15) is 14.0 Å². The van der Waals surface area contributed by atoms with E-state index in [0.717, 1.165) is 16.8 Å². The summed E-state index contributed by atoms with van der Waals surface area (Å²) in [6.07, 6.45) is 0. The van der Waals surface area contributed by atoms with Crippen molar-refractivity contribution in [1.29, 1.82) is 0 Å². The number of nitrogens with one attached hydrogen (secondary N) is 1. The van der Waals surface area contributed by atoms with Gasteiger partial charge in [-0.2, -0.15) is 5.10 Å². The average molecular weight is 541 g/mol. The molecule has 1 aliphatic heterocycles. The third-order valence-corrected chi connectivity index (χ3v) is 7.45. The van der Waals surface area contributed by atoms with Crippen LogP contribution >= 0.6 is 11.8 Å². The minimum Gasteiger partial charge on any atom is -0.497 e. The molecule has 2 aromatic carbocycles. The van der Waals surface area contributed by atoms with Gasteiger partial charge in [0.15, 0.2) is 0 Å². The zero-order valence-electron chi connectivity index (χ0n) is 22.3. The Morgan fingerprint density at radius 1 is 1.18 bits per heavy atom. The second-order valence-electron chi connectivity index (χ2n) is 10.0. The van der Waals surface area contributed by atoms with Crippen LogP contribution in [-0.4, -0.2) is 61.3 Å². The summed E-state index contributed by atoms with van der Waals surface area (Å²) in [5.74, 6) is 0.415. The molecule has 0 spiro atoms. The van der Waals surface area contributed by atoms with Crippen LogP contribution in [0.15, 0.2) is 48.5 Å². The predicted octanol–water partition coefficient (Wildman–Crippen LogP) is 4.25. The highest BCUT2D eigenvalue weighted by atomic mass is 32.2. The summed E-state index contributed by atoms with van der Waals surface area (Å²) in [6, 6.07) is 13.8. The molecule has 1 N–H and O–H groups in total. The second kappa shape index (κ2) is 11.6. The summed E-state index contributed by atoms with van der Waals surface area (Å²) >= 11 is 1.41. The summed E-state index contributed by atoms with van der Waals surface area (Å²) < 4.78 is 26.4. The maximum Gasteiger partial charge on any atom is 0.240 e. The number of hydrogen-bond acceptors (Lipinski definition) is 6. The number of benzene rings is 2. The van der Waals surface area contributed by atoms with Crippen LogP contribution in [0.3, 0.4) is 0 Å². The normalized spacial score (nSPS) is 15.7. The number of halogens is 1.